The molecule has 3 rings (SSSR count). The first kappa shape index (κ1) is 16.5. The highest BCUT2D eigenvalue weighted by Crippen LogP contribution is 2.26. The molecule has 2 aromatic carbocycles. The van der Waals surface area contributed by atoms with Crippen LogP contribution >= 0.6 is 0 Å². The zero-order chi connectivity index (χ0) is 17.6. The van der Waals surface area contributed by atoms with Crippen molar-refractivity contribution < 1.29 is 4.39 Å². The lowest BCUT2D eigenvalue weighted by molar-refractivity contribution is 0.621. The van der Waals surface area contributed by atoms with Crippen LogP contribution in [0.2, 0.25) is 0 Å². The Morgan fingerprint density at radius 1 is 1.08 bits per heavy atom. The molecule has 1 heterocycles. The molecule has 0 saturated heterocycles. The van der Waals surface area contributed by atoms with Crippen LogP contribution in [0.5, 0.6) is 0 Å². The molecule has 1 aromatic heterocycles. The van der Waals surface area contributed by atoms with Gasteiger partial charge in [-0.2, -0.15) is 5.26 Å². The van der Waals surface area contributed by atoms with E-state index in [9.17, 15) is 4.39 Å². The van der Waals surface area contributed by atoms with Crippen molar-refractivity contribution in [3.63, 3.8) is 0 Å². The van der Waals surface area contributed by atoms with E-state index in [0.29, 0.717) is 17.8 Å². The quantitative estimate of drug-likeness (QED) is 0.749. The molecule has 0 bridgehead atoms. The van der Waals surface area contributed by atoms with Crippen molar-refractivity contribution in [2.45, 2.75) is 6.54 Å². The zero-order valence-electron chi connectivity index (χ0n) is 13.8. The van der Waals surface area contributed by atoms with E-state index >= 15 is 0 Å². The molecule has 0 radical (unpaired) electrons. The van der Waals surface area contributed by atoms with Crippen LogP contribution in [0.1, 0.15) is 11.1 Å². The molecule has 5 heteroatoms. The molecular formula is C20H17FN4. The predicted octanol–water partition coefficient (Wildman–Crippen LogP) is 4.47. The van der Waals surface area contributed by atoms with E-state index in [1.54, 1.807) is 12.3 Å². The Morgan fingerprint density at radius 3 is 2.72 bits per heavy atom. The van der Waals surface area contributed by atoms with E-state index in [1.807, 2.05) is 54.4 Å². The lowest BCUT2D eigenvalue weighted by atomic mass is 10.1. The molecule has 0 aliphatic heterocycles. The summed E-state index contributed by atoms with van der Waals surface area (Å²) < 4.78 is 13.4. The standard InChI is InChI=1S/C20H17FN4/c1-25(20-9-17(21)13-23-14-20)19-7-3-6-18(10-19)24-12-16-5-2-4-15(8-16)11-22/h2-10,13-14,24H,12H2,1H3. The van der Waals surface area contributed by atoms with Gasteiger partial charge in [0, 0.05) is 31.0 Å². The van der Waals surface area contributed by atoms with Crippen molar-refractivity contribution in [2.24, 2.45) is 0 Å². The fraction of sp³-hybridized carbons (Fsp3) is 0.100. The molecule has 0 atom stereocenters. The molecule has 1 N–H and O–H groups in total. The summed E-state index contributed by atoms with van der Waals surface area (Å²) in [6.07, 6.45) is 2.81. The minimum absolute atomic E-state index is 0.365. The van der Waals surface area contributed by atoms with Crippen LogP contribution in [0.4, 0.5) is 21.5 Å². The second-order valence-corrected chi connectivity index (χ2v) is 5.64. The van der Waals surface area contributed by atoms with Crippen molar-refractivity contribution in [2.75, 3.05) is 17.3 Å². The normalized spacial score (nSPS) is 10.1. The van der Waals surface area contributed by atoms with Crippen molar-refractivity contribution >= 4 is 17.1 Å². The summed E-state index contributed by atoms with van der Waals surface area (Å²) in [5.74, 6) is -0.365. The summed E-state index contributed by atoms with van der Waals surface area (Å²) >= 11 is 0. The summed E-state index contributed by atoms with van der Waals surface area (Å²) in [5.41, 5.74) is 4.22. The van der Waals surface area contributed by atoms with Crippen LogP contribution in [0, 0.1) is 17.1 Å². The van der Waals surface area contributed by atoms with Gasteiger partial charge < -0.3 is 10.2 Å². The zero-order valence-corrected chi connectivity index (χ0v) is 13.8. The van der Waals surface area contributed by atoms with Crippen molar-refractivity contribution in [1.29, 1.82) is 5.26 Å². The second-order valence-electron chi connectivity index (χ2n) is 5.64. The van der Waals surface area contributed by atoms with E-state index in [1.165, 1.54) is 12.3 Å². The summed E-state index contributed by atoms with van der Waals surface area (Å²) in [7, 11) is 1.87. The van der Waals surface area contributed by atoms with Gasteiger partial charge in [-0.3, -0.25) is 4.98 Å². The molecule has 0 unspecified atom stereocenters. The molecule has 0 saturated carbocycles. The average molecular weight is 332 g/mol. The fourth-order valence-corrected chi connectivity index (χ4v) is 2.51. The SMILES string of the molecule is CN(c1cncc(F)c1)c1cccc(NCc2cccc(C#N)c2)c1. The molecule has 3 aromatic rings. The minimum atomic E-state index is -0.365. The number of nitrogens with zero attached hydrogens (tertiary/aromatic N) is 3. The maximum Gasteiger partial charge on any atom is 0.143 e. The molecule has 124 valence electrons. The van der Waals surface area contributed by atoms with E-state index in [0.717, 1.165) is 16.9 Å². The Bertz CT molecular complexity index is 917. The Kier molecular flexibility index (Phi) is 4.91. The molecule has 0 fully saturated rings. The molecular weight excluding hydrogens is 315 g/mol. The highest BCUT2D eigenvalue weighted by molar-refractivity contribution is 5.66. The third kappa shape index (κ3) is 4.12. The van der Waals surface area contributed by atoms with Gasteiger partial charge in [-0.25, -0.2) is 4.39 Å². The Morgan fingerprint density at radius 2 is 1.92 bits per heavy atom. The van der Waals surface area contributed by atoms with Gasteiger partial charge in [-0.05, 0) is 35.9 Å². The minimum Gasteiger partial charge on any atom is -0.381 e. The second kappa shape index (κ2) is 7.45. The summed E-state index contributed by atoms with van der Waals surface area (Å²) in [4.78, 5) is 5.76. The number of nitrogens with one attached hydrogen (secondary N) is 1. The average Bonchev–Trinajstić information content (AvgIpc) is 2.66. The third-order valence-corrected chi connectivity index (χ3v) is 3.86. The Balaban J connectivity index is 1.74. The Hall–Kier alpha value is -3.39. The molecule has 25 heavy (non-hydrogen) atoms. The van der Waals surface area contributed by atoms with Crippen LogP contribution in [-0.4, -0.2) is 12.0 Å². The highest BCUT2D eigenvalue weighted by Gasteiger charge is 2.06. The van der Waals surface area contributed by atoms with Gasteiger partial charge in [-0.1, -0.05) is 18.2 Å². The highest BCUT2D eigenvalue weighted by atomic mass is 19.1. The van der Waals surface area contributed by atoms with Crippen LogP contribution in [-0.2, 0) is 6.54 Å². The maximum atomic E-state index is 13.4. The lowest BCUT2D eigenvalue weighted by Crippen LogP contribution is -2.10. The van der Waals surface area contributed by atoms with Crippen LogP contribution in [0.25, 0.3) is 0 Å². The first-order valence-electron chi connectivity index (χ1n) is 7.83. The van der Waals surface area contributed by atoms with E-state index < -0.39 is 0 Å². The monoisotopic (exact) mass is 332 g/mol. The number of hydrogen-bond donors (Lipinski definition) is 1. The van der Waals surface area contributed by atoms with Crippen LogP contribution in [0.3, 0.4) is 0 Å². The molecule has 0 amide bonds. The maximum absolute atomic E-state index is 13.4. The first-order chi connectivity index (χ1) is 12.2. The summed E-state index contributed by atoms with van der Waals surface area (Å²) in [5, 5.41) is 12.3. The molecule has 0 aliphatic rings. The van der Waals surface area contributed by atoms with Gasteiger partial charge >= 0.3 is 0 Å². The van der Waals surface area contributed by atoms with Crippen molar-refractivity contribution in [1.82, 2.24) is 4.98 Å². The number of pyridine rings is 1. The van der Waals surface area contributed by atoms with Crippen LogP contribution in [0.15, 0.2) is 67.0 Å². The predicted molar refractivity (Wildman–Crippen MR) is 97.2 cm³/mol. The van der Waals surface area contributed by atoms with Crippen molar-refractivity contribution in [3.8, 4) is 6.07 Å². The van der Waals surface area contributed by atoms with Crippen molar-refractivity contribution in [3.05, 3.63) is 83.9 Å². The van der Waals surface area contributed by atoms with E-state index in [4.69, 9.17) is 5.26 Å². The number of halogens is 1. The van der Waals surface area contributed by atoms with Gasteiger partial charge in [0.1, 0.15) is 5.82 Å². The molecule has 0 spiro atoms. The topological polar surface area (TPSA) is 52.0 Å². The summed E-state index contributed by atoms with van der Waals surface area (Å²) in [6, 6.07) is 18.9. The number of aromatic nitrogens is 1. The van der Waals surface area contributed by atoms with Gasteiger partial charge in [0.2, 0.25) is 0 Å². The smallest absolute Gasteiger partial charge is 0.143 e. The number of nitriles is 1. The summed E-state index contributed by atoms with van der Waals surface area (Å²) in [6.45, 7) is 0.615. The lowest BCUT2D eigenvalue weighted by Gasteiger charge is -2.20. The number of benzene rings is 2. The first-order valence-corrected chi connectivity index (χ1v) is 7.83. The van der Waals surface area contributed by atoms with Gasteiger partial charge in [0.05, 0.1) is 29.7 Å². The largest absolute Gasteiger partial charge is 0.381 e. The molecule has 0 aliphatic carbocycles. The number of rotatable bonds is 5. The van der Waals surface area contributed by atoms with Gasteiger partial charge in [-0.15, -0.1) is 0 Å². The van der Waals surface area contributed by atoms with E-state index in [-0.39, 0.29) is 5.82 Å². The fourth-order valence-electron chi connectivity index (χ4n) is 2.51. The van der Waals surface area contributed by atoms with Crippen LogP contribution < -0.4 is 10.2 Å². The number of anilines is 3. The van der Waals surface area contributed by atoms with E-state index in [2.05, 4.69) is 16.4 Å². The Labute approximate surface area is 146 Å². The molecule has 4 nitrogen and oxygen atoms in total. The van der Waals surface area contributed by atoms with Gasteiger partial charge in [0.25, 0.3) is 0 Å². The third-order valence-electron chi connectivity index (χ3n) is 3.86. The number of hydrogen-bond acceptors (Lipinski definition) is 4. The van der Waals surface area contributed by atoms with Gasteiger partial charge in [0.15, 0.2) is 0 Å².